The number of hydrogen-bond donors (Lipinski definition) is 0. The normalized spacial score (nSPS) is 11.6. The molecule has 0 fully saturated rings. The van der Waals surface area contributed by atoms with Gasteiger partial charge in [-0.05, 0) is 38.5 Å². The number of halogens is 1. The van der Waals surface area contributed by atoms with Crippen LogP contribution in [-0.4, -0.2) is 7.11 Å². The van der Waals surface area contributed by atoms with Crippen molar-refractivity contribution in [1.29, 1.82) is 0 Å². The van der Waals surface area contributed by atoms with Gasteiger partial charge < -0.3 is 4.74 Å². The minimum atomic E-state index is -0.194. The van der Waals surface area contributed by atoms with Crippen molar-refractivity contribution in [2.75, 3.05) is 7.11 Å². The molecule has 14 heavy (non-hydrogen) atoms. The van der Waals surface area contributed by atoms with Crippen LogP contribution in [-0.2, 0) is 0 Å². The molecule has 2 heteroatoms. The van der Waals surface area contributed by atoms with E-state index in [0.29, 0.717) is 16.9 Å². The van der Waals surface area contributed by atoms with Crippen molar-refractivity contribution >= 4 is 5.57 Å². The highest BCUT2D eigenvalue weighted by Gasteiger charge is 2.10. The van der Waals surface area contributed by atoms with E-state index in [1.54, 1.807) is 26.2 Å². The maximum absolute atomic E-state index is 13.8. The average molecular weight is 194 g/mol. The first-order valence-corrected chi connectivity index (χ1v) is 4.58. The van der Waals surface area contributed by atoms with E-state index < -0.39 is 0 Å². The highest BCUT2D eigenvalue weighted by Crippen LogP contribution is 2.27. The van der Waals surface area contributed by atoms with E-state index in [0.717, 1.165) is 5.57 Å². The Kier molecular flexibility index (Phi) is 3.28. The SMILES string of the molecule is C/C=C(\C)c1ccc(OC)c(C)c1F. The number of benzene rings is 1. The summed E-state index contributed by atoms with van der Waals surface area (Å²) in [6, 6.07) is 3.54. The van der Waals surface area contributed by atoms with Crippen molar-refractivity contribution in [2.24, 2.45) is 0 Å². The van der Waals surface area contributed by atoms with Gasteiger partial charge in [0.15, 0.2) is 0 Å². The second-order valence-corrected chi connectivity index (χ2v) is 3.23. The first kappa shape index (κ1) is 10.8. The lowest BCUT2D eigenvalue weighted by molar-refractivity contribution is 0.407. The van der Waals surface area contributed by atoms with Crippen LogP contribution in [0.15, 0.2) is 18.2 Å². The molecule has 0 aromatic heterocycles. The standard InChI is InChI=1S/C12H15FO/c1-5-8(2)10-6-7-11(14-4)9(3)12(10)13/h5-7H,1-4H3/b8-5+. The van der Waals surface area contributed by atoms with Crippen LogP contribution in [0.5, 0.6) is 5.75 Å². The van der Waals surface area contributed by atoms with Gasteiger partial charge in [0.1, 0.15) is 11.6 Å². The maximum Gasteiger partial charge on any atom is 0.137 e. The molecular weight excluding hydrogens is 179 g/mol. The summed E-state index contributed by atoms with van der Waals surface area (Å²) in [4.78, 5) is 0. The van der Waals surface area contributed by atoms with Gasteiger partial charge in [-0.25, -0.2) is 4.39 Å². The van der Waals surface area contributed by atoms with Gasteiger partial charge in [-0.15, -0.1) is 0 Å². The zero-order chi connectivity index (χ0) is 10.7. The predicted molar refractivity (Wildman–Crippen MR) is 57.0 cm³/mol. The Morgan fingerprint density at radius 2 is 2.07 bits per heavy atom. The predicted octanol–water partition coefficient (Wildman–Crippen LogP) is 3.57. The Hall–Kier alpha value is -1.31. The average Bonchev–Trinajstić information content (AvgIpc) is 2.21. The van der Waals surface area contributed by atoms with Crippen LogP contribution in [0.3, 0.4) is 0 Å². The third-order valence-corrected chi connectivity index (χ3v) is 2.41. The number of ether oxygens (including phenoxy) is 1. The van der Waals surface area contributed by atoms with Gasteiger partial charge in [-0.1, -0.05) is 6.08 Å². The molecule has 0 aliphatic heterocycles. The van der Waals surface area contributed by atoms with Gasteiger partial charge in [0.2, 0.25) is 0 Å². The number of methoxy groups -OCH3 is 1. The van der Waals surface area contributed by atoms with Gasteiger partial charge in [0, 0.05) is 11.1 Å². The van der Waals surface area contributed by atoms with E-state index >= 15 is 0 Å². The van der Waals surface area contributed by atoms with Crippen molar-refractivity contribution in [1.82, 2.24) is 0 Å². The summed E-state index contributed by atoms with van der Waals surface area (Å²) in [5.41, 5.74) is 2.14. The molecule has 0 spiro atoms. The summed E-state index contributed by atoms with van der Waals surface area (Å²) < 4.78 is 18.8. The lowest BCUT2D eigenvalue weighted by Gasteiger charge is -2.09. The number of allylic oxidation sites excluding steroid dienone is 2. The van der Waals surface area contributed by atoms with Crippen LogP contribution < -0.4 is 4.74 Å². The Balaban J connectivity index is 3.31. The van der Waals surface area contributed by atoms with E-state index in [1.165, 1.54) is 0 Å². The molecule has 0 bridgehead atoms. The molecule has 0 aliphatic rings. The Labute approximate surface area is 84.2 Å². The van der Waals surface area contributed by atoms with E-state index in [-0.39, 0.29) is 5.82 Å². The summed E-state index contributed by atoms with van der Waals surface area (Å²) in [6.45, 7) is 5.51. The minimum absolute atomic E-state index is 0.194. The molecule has 0 heterocycles. The van der Waals surface area contributed by atoms with Crippen LogP contribution in [0.25, 0.3) is 5.57 Å². The van der Waals surface area contributed by atoms with E-state index in [4.69, 9.17) is 4.74 Å². The van der Waals surface area contributed by atoms with E-state index in [9.17, 15) is 4.39 Å². The first-order valence-electron chi connectivity index (χ1n) is 4.58. The molecule has 0 amide bonds. The fourth-order valence-electron chi connectivity index (χ4n) is 1.35. The molecule has 1 aromatic rings. The molecule has 0 unspecified atom stereocenters. The van der Waals surface area contributed by atoms with Crippen molar-refractivity contribution in [3.63, 3.8) is 0 Å². The van der Waals surface area contributed by atoms with E-state index in [2.05, 4.69) is 0 Å². The summed E-state index contributed by atoms with van der Waals surface area (Å²) in [6.07, 6.45) is 1.89. The molecule has 1 rings (SSSR count). The van der Waals surface area contributed by atoms with Gasteiger partial charge in [0.05, 0.1) is 7.11 Å². The second kappa shape index (κ2) is 4.27. The smallest absolute Gasteiger partial charge is 0.137 e. The molecule has 0 N–H and O–H groups in total. The molecule has 0 saturated heterocycles. The summed E-state index contributed by atoms with van der Waals surface area (Å²) >= 11 is 0. The van der Waals surface area contributed by atoms with Crippen molar-refractivity contribution < 1.29 is 9.13 Å². The van der Waals surface area contributed by atoms with Gasteiger partial charge >= 0.3 is 0 Å². The largest absolute Gasteiger partial charge is 0.496 e. The topological polar surface area (TPSA) is 9.23 Å². The molecular formula is C12H15FO. The lowest BCUT2D eigenvalue weighted by atomic mass is 10.0. The van der Waals surface area contributed by atoms with Crippen molar-refractivity contribution in [2.45, 2.75) is 20.8 Å². The van der Waals surface area contributed by atoms with Crippen molar-refractivity contribution in [3.05, 3.63) is 35.2 Å². The highest BCUT2D eigenvalue weighted by molar-refractivity contribution is 5.65. The van der Waals surface area contributed by atoms with Gasteiger partial charge in [0.25, 0.3) is 0 Å². The Morgan fingerprint density at radius 3 is 2.57 bits per heavy atom. The zero-order valence-corrected chi connectivity index (χ0v) is 9.02. The maximum atomic E-state index is 13.8. The fourth-order valence-corrected chi connectivity index (χ4v) is 1.35. The van der Waals surface area contributed by atoms with E-state index in [1.807, 2.05) is 19.9 Å². The lowest BCUT2D eigenvalue weighted by Crippen LogP contribution is -1.95. The van der Waals surface area contributed by atoms with Gasteiger partial charge in [-0.2, -0.15) is 0 Å². The monoisotopic (exact) mass is 194 g/mol. The van der Waals surface area contributed by atoms with Crippen LogP contribution >= 0.6 is 0 Å². The molecule has 1 nitrogen and oxygen atoms in total. The van der Waals surface area contributed by atoms with Crippen LogP contribution in [0, 0.1) is 12.7 Å². The van der Waals surface area contributed by atoms with Gasteiger partial charge in [-0.3, -0.25) is 0 Å². The molecule has 1 aromatic carbocycles. The van der Waals surface area contributed by atoms with Crippen molar-refractivity contribution in [3.8, 4) is 5.75 Å². The molecule has 0 radical (unpaired) electrons. The Bertz CT molecular complexity index is 367. The third-order valence-electron chi connectivity index (χ3n) is 2.41. The molecule has 0 atom stereocenters. The zero-order valence-electron chi connectivity index (χ0n) is 9.02. The first-order chi connectivity index (χ1) is 6.61. The quantitative estimate of drug-likeness (QED) is 0.699. The highest BCUT2D eigenvalue weighted by atomic mass is 19.1. The number of rotatable bonds is 2. The second-order valence-electron chi connectivity index (χ2n) is 3.23. The van der Waals surface area contributed by atoms with Crippen LogP contribution in [0.2, 0.25) is 0 Å². The van der Waals surface area contributed by atoms with Crippen LogP contribution in [0.4, 0.5) is 4.39 Å². The summed E-state index contributed by atoms with van der Waals surface area (Å²) in [7, 11) is 1.55. The summed E-state index contributed by atoms with van der Waals surface area (Å²) in [5.74, 6) is 0.398. The fraction of sp³-hybridized carbons (Fsp3) is 0.333. The molecule has 76 valence electrons. The Morgan fingerprint density at radius 1 is 1.43 bits per heavy atom. The molecule has 0 aliphatic carbocycles. The summed E-state index contributed by atoms with van der Waals surface area (Å²) in [5, 5.41) is 0. The third kappa shape index (κ3) is 1.79. The van der Waals surface area contributed by atoms with Crippen LogP contribution in [0.1, 0.15) is 25.0 Å². The minimum Gasteiger partial charge on any atom is -0.496 e. The molecule has 0 saturated carbocycles. The number of hydrogen-bond acceptors (Lipinski definition) is 1.